The third kappa shape index (κ3) is 4.75. The number of rotatable bonds is 6. The number of pyridine rings is 1. The zero-order chi connectivity index (χ0) is 12.7. The first-order chi connectivity index (χ1) is 8.15. The molecular weight excluding hydrogens is 236 g/mol. The van der Waals surface area contributed by atoms with Gasteiger partial charge in [0.1, 0.15) is 6.10 Å². The van der Waals surface area contributed by atoms with Crippen LogP contribution in [0.3, 0.4) is 0 Å². The second kappa shape index (κ2) is 7.29. The molecule has 1 amide bonds. The highest BCUT2D eigenvalue weighted by Gasteiger charge is 2.18. The number of nitrogens with zero attached hydrogens (tertiary/aromatic N) is 2. The number of hydrogen-bond acceptors (Lipinski definition) is 4. The Labute approximate surface area is 106 Å². The van der Waals surface area contributed by atoms with Crippen LogP contribution in [-0.4, -0.2) is 46.1 Å². The van der Waals surface area contributed by atoms with E-state index >= 15 is 0 Å². The quantitative estimate of drug-likeness (QED) is 0.827. The van der Waals surface area contributed by atoms with E-state index in [2.05, 4.69) is 4.98 Å². The SMILES string of the molecule is CSCC[C@@H](O)C(=O)N(C)Cc1cccnc1. The van der Waals surface area contributed by atoms with E-state index < -0.39 is 6.10 Å². The molecule has 17 heavy (non-hydrogen) atoms. The first-order valence-corrected chi connectivity index (χ1v) is 6.85. The van der Waals surface area contributed by atoms with E-state index in [1.165, 1.54) is 4.90 Å². The highest BCUT2D eigenvalue weighted by molar-refractivity contribution is 7.98. The predicted octanol–water partition coefficient (Wildman–Crippen LogP) is 1.15. The van der Waals surface area contributed by atoms with E-state index in [0.29, 0.717) is 13.0 Å². The van der Waals surface area contributed by atoms with Gasteiger partial charge in [-0.15, -0.1) is 0 Å². The third-order valence-corrected chi connectivity index (χ3v) is 3.04. The number of thioether (sulfide) groups is 1. The fraction of sp³-hybridized carbons (Fsp3) is 0.500. The van der Waals surface area contributed by atoms with Gasteiger partial charge in [-0.1, -0.05) is 6.07 Å². The van der Waals surface area contributed by atoms with Crippen LogP contribution in [0.15, 0.2) is 24.5 Å². The molecular formula is C12H18N2O2S. The van der Waals surface area contributed by atoms with Gasteiger partial charge in [-0.2, -0.15) is 11.8 Å². The molecule has 1 atom stereocenters. The summed E-state index contributed by atoms with van der Waals surface area (Å²) in [5, 5.41) is 9.68. The molecule has 0 unspecified atom stereocenters. The van der Waals surface area contributed by atoms with Crippen molar-refractivity contribution in [2.24, 2.45) is 0 Å². The van der Waals surface area contributed by atoms with Crippen molar-refractivity contribution in [3.05, 3.63) is 30.1 Å². The van der Waals surface area contributed by atoms with Crippen LogP contribution in [-0.2, 0) is 11.3 Å². The van der Waals surface area contributed by atoms with Crippen molar-refractivity contribution >= 4 is 17.7 Å². The molecule has 4 nitrogen and oxygen atoms in total. The van der Waals surface area contributed by atoms with Gasteiger partial charge in [-0.05, 0) is 30.1 Å². The van der Waals surface area contributed by atoms with Crippen LogP contribution in [0.25, 0.3) is 0 Å². The number of aliphatic hydroxyl groups excluding tert-OH is 1. The largest absolute Gasteiger partial charge is 0.383 e. The maximum atomic E-state index is 11.8. The highest BCUT2D eigenvalue weighted by atomic mass is 32.2. The van der Waals surface area contributed by atoms with Crippen LogP contribution < -0.4 is 0 Å². The van der Waals surface area contributed by atoms with E-state index in [0.717, 1.165) is 11.3 Å². The lowest BCUT2D eigenvalue weighted by atomic mass is 10.2. The Morgan fingerprint density at radius 3 is 3.00 bits per heavy atom. The van der Waals surface area contributed by atoms with E-state index in [1.807, 2.05) is 18.4 Å². The van der Waals surface area contributed by atoms with Crippen molar-refractivity contribution in [3.63, 3.8) is 0 Å². The summed E-state index contributed by atoms with van der Waals surface area (Å²) in [5.41, 5.74) is 0.959. The van der Waals surface area contributed by atoms with Crippen LogP contribution in [0.4, 0.5) is 0 Å². The molecule has 0 aliphatic carbocycles. The average molecular weight is 254 g/mol. The van der Waals surface area contributed by atoms with E-state index in [9.17, 15) is 9.90 Å². The van der Waals surface area contributed by atoms with Gasteiger partial charge in [0.15, 0.2) is 0 Å². The van der Waals surface area contributed by atoms with Crippen LogP contribution in [0.5, 0.6) is 0 Å². The number of likely N-dealkylation sites (N-methyl/N-ethyl adjacent to an activating group) is 1. The zero-order valence-corrected chi connectivity index (χ0v) is 11.0. The van der Waals surface area contributed by atoms with Crippen molar-refractivity contribution in [1.82, 2.24) is 9.88 Å². The molecule has 0 aliphatic heterocycles. The second-order valence-corrected chi connectivity index (χ2v) is 4.84. The van der Waals surface area contributed by atoms with Crippen molar-refractivity contribution in [3.8, 4) is 0 Å². The minimum Gasteiger partial charge on any atom is -0.383 e. The van der Waals surface area contributed by atoms with Crippen LogP contribution >= 0.6 is 11.8 Å². The monoisotopic (exact) mass is 254 g/mol. The van der Waals surface area contributed by atoms with Crippen molar-refractivity contribution < 1.29 is 9.90 Å². The molecule has 1 heterocycles. The van der Waals surface area contributed by atoms with Crippen molar-refractivity contribution in [1.29, 1.82) is 0 Å². The first-order valence-electron chi connectivity index (χ1n) is 5.46. The number of amides is 1. The Hall–Kier alpha value is -1.07. The molecule has 0 saturated heterocycles. The van der Waals surface area contributed by atoms with Gasteiger partial charge >= 0.3 is 0 Å². The summed E-state index contributed by atoms with van der Waals surface area (Å²) in [7, 11) is 1.69. The number of carbonyl (C=O) groups is 1. The minimum absolute atomic E-state index is 0.233. The van der Waals surface area contributed by atoms with Gasteiger partial charge in [0.2, 0.25) is 0 Å². The minimum atomic E-state index is -0.899. The second-order valence-electron chi connectivity index (χ2n) is 3.85. The Morgan fingerprint density at radius 1 is 1.65 bits per heavy atom. The molecule has 1 aromatic heterocycles. The topological polar surface area (TPSA) is 53.4 Å². The predicted molar refractivity (Wildman–Crippen MR) is 69.7 cm³/mol. The van der Waals surface area contributed by atoms with E-state index in [4.69, 9.17) is 0 Å². The average Bonchev–Trinajstić information content (AvgIpc) is 2.36. The van der Waals surface area contributed by atoms with Gasteiger partial charge in [-0.25, -0.2) is 0 Å². The molecule has 1 N–H and O–H groups in total. The molecule has 0 saturated carbocycles. The van der Waals surface area contributed by atoms with Crippen molar-refractivity contribution in [2.45, 2.75) is 19.1 Å². The molecule has 0 aliphatic rings. The maximum absolute atomic E-state index is 11.8. The Balaban J connectivity index is 2.47. The normalized spacial score (nSPS) is 12.2. The van der Waals surface area contributed by atoms with Gasteiger partial charge in [0, 0.05) is 26.0 Å². The van der Waals surface area contributed by atoms with E-state index in [-0.39, 0.29) is 5.91 Å². The molecule has 0 bridgehead atoms. The lowest BCUT2D eigenvalue weighted by molar-refractivity contribution is -0.139. The molecule has 1 aromatic rings. The van der Waals surface area contributed by atoms with Gasteiger partial charge < -0.3 is 10.0 Å². The Morgan fingerprint density at radius 2 is 2.41 bits per heavy atom. The smallest absolute Gasteiger partial charge is 0.251 e. The molecule has 0 aromatic carbocycles. The van der Waals surface area contributed by atoms with Crippen LogP contribution in [0, 0.1) is 0 Å². The summed E-state index contributed by atoms with van der Waals surface area (Å²) in [4.78, 5) is 17.3. The summed E-state index contributed by atoms with van der Waals surface area (Å²) < 4.78 is 0. The summed E-state index contributed by atoms with van der Waals surface area (Å²) in [6, 6.07) is 3.74. The fourth-order valence-electron chi connectivity index (χ4n) is 1.45. The van der Waals surface area contributed by atoms with Gasteiger partial charge in [0.05, 0.1) is 0 Å². The molecule has 5 heteroatoms. The third-order valence-electron chi connectivity index (χ3n) is 2.40. The Bertz CT molecular complexity index is 346. The maximum Gasteiger partial charge on any atom is 0.251 e. The standard InChI is InChI=1S/C12H18N2O2S/c1-14(9-10-4-3-6-13-8-10)12(16)11(15)5-7-17-2/h3-4,6,8,11,15H,5,7,9H2,1-2H3/t11-/m1/s1. The summed E-state index contributed by atoms with van der Waals surface area (Å²) >= 11 is 1.62. The summed E-state index contributed by atoms with van der Waals surface area (Å²) in [6.45, 7) is 0.475. The van der Waals surface area contributed by atoms with Gasteiger partial charge in [-0.3, -0.25) is 9.78 Å². The molecule has 0 fully saturated rings. The van der Waals surface area contributed by atoms with E-state index in [1.54, 1.807) is 31.2 Å². The molecule has 0 spiro atoms. The van der Waals surface area contributed by atoms with Crippen LogP contribution in [0.2, 0.25) is 0 Å². The summed E-state index contributed by atoms with van der Waals surface area (Å²) in [6.07, 6.45) is 4.97. The number of aliphatic hydroxyl groups is 1. The van der Waals surface area contributed by atoms with Crippen LogP contribution in [0.1, 0.15) is 12.0 Å². The van der Waals surface area contributed by atoms with Crippen molar-refractivity contribution in [2.75, 3.05) is 19.1 Å². The molecule has 0 radical (unpaired) electrons. The lowest BCUT2D eigenvalue weighted by Crippen LogP contribution is -2.36. The number of hydrogen-bond donors (Lipinski definition) is 1. The number of aromatic nitrogens is 1. The molecule has 1 rings (SSSR count). The Kier molecular flexibility index (Phi) is 6.00. The van der Waals surface area contributed by atoms with Gasteiger partial charge in [0.25, 0.3) is 5.91 Å². The highest BCUT2D eigenvalue weighted by Crippen LogP contribution is 2.06. The lowest BCUT2D eigenvalue weighted by Gasteiger charge is -2.20. The number of carbonyl (C=O) groups excluding carboxylic acids is 1. The first kappa shape index (κ1) is 14.0. The zero-order valence-electron chi connectivity index (χ0n) is 10.2. The fourth-order valence-corrected chi connectivity index (χ4v) is 1.91. The summed E-state index contributed by atoms with van der Waals surface area (Å²) in [5.74, 6) is 0.552. The molecule has 94 valence electrons.